The Bertz CT molecular complexity index is 3050. The fourth-order valence-electron chi connectivity index (χ4n) is 8.76. The normalized spacial score (nSPS) is 16.8. The van der Waals surface area contributed by atoms with Gasteiger partial charge < -0.3 is 4.40 Å². The van der Waals surface area contributed by atoms with E-state index >= 15 is 0 Å². The summed E-state index contributed by atoms with van der Waals surface area (Å²) in [6.07, 6.45) is 8.91. The van der Waals surface area contributed by atoms with Crippen LogP contribution >= 0.6 is 11.8 Å². The Balaban J connectivity index is 1.11. The number of benzene rings is 6. The maximum absolute atomic E-state index is 5.40. The maximum Gasteiger partial charge on any atom is 0.235 e. The van der Waals surface area contributed by atoms with Gasteiger partial charge in [-0.1, -0.05) is 115 Å². The summed E-state index contributed by atoms with van der Waals surface area (Å²) in [6, 6.07) is 48.5. The summed E-state index contributed by atoms with van der Waals surface area (Å²) in [5.74, 6) is 0.941. The molecule has 12 rings (SSSR count). The molecule has 1 aliphatic heterocycles. The van der Waals surface area contributed by atoms with E-state index in [-0.39, 0.29) is 5.92 Å². The van der Waals surface area contributed by atoms with Gasteiger partial charge in [-0.2, -0.15) is 0 Å². The molecule has 0 saturated heterocycles. The zero-order valence-corrected chi connectivity index (χ0v) is 28.2. The Hall–Kier alpha value is -6.17. The first kappa shape index (κ1) is 27.6. The zero-order chi connectivity index (χ0) is 33.2. The van der Waals surface area contributed by atoms with Crippen molar-refractivity contribution in [2.24, 2.45) is 0 Å². The largest absolute Gasteiger partial charge is 0.308 e. The topological polar surface area (TPSA) is 35.1 Å². The van der Waals surface area contributed by atoms with Gasteiger partial charge in [-0.05, 0) is 53.6 Å². The minimum atomic E-state index is 0.224. The first-order chi connectivity index (χ1) is 25.3. The van der Waals surface area contributed by atoms with E-state index in [9.17, 15) is 0 Å². The van der Waals surface area contributed by atoms with Crippen molar-refractivity contribution in [3.05, 3.63) is 163 Å². The molecule has 2 atom stereocenters. The molecule has 0 spiro atoms. The second kappa shape index (κ2) is 10.2. The fourth-order valence-corrected chi connectivity index (χ4v) is 10.1. The molecule has 0 bridgehead atoms. The third-order valence-corrected chi connectivity index (χ3v) is 12.4. The van der Waals surface area contributed by atoms with Gasteiger partial charge in [-0.15, -0.1) is 11.8 Å². The van der Waals surface area contributed by atoms with Gasteiger partial charge in [0.15, 0.2) is 0 Å². The van der Waals surface area contributed by atoms with Crippen molar-refractivity contribution in [2.45, 2.75) is 16.1 Å². The average molecular weight is 669 g/mol. The smallest absolute Gasteiger partial charge is 0.235 e. The number of rotatable bonds is 3. The highest BCUT2D eigenvalue weighted by Gasteiger charge is 2.36. The van der Waals surface area contributed by atoms with E-state index in [2.05, 4.69) is 167 Å². The Morgan fingerprint density at radius 2 is 1.10 bits per heavy atom. The minimum Gasteiger partial charge on any atom is -0.308 e. The summed E-state index contributed by atoms with van der Waals surface area (Å²) in [5, 5.41) is 7.88. The molecule has 0 fully saturated rings. The monoisotopic (exact) mass is 668 g/mol. The van der Waals surface area contributed by atoms with E-state index in [0.717, 1.165) is 33.9 Å². The molecular weight excluding hydrogens is 641 g/mol. The number of hydrogen-bond acceptors (Lipinski definition) is 3. The van der Waals surface area contributed by atoms with Crippen LogP contribution in [0.1, 0.15) is 11.6 Å². The van der Waals surface area contributed by atoms with Crippen LogP contribution in [0.15, 0.2) is 163 Å². The molecule has 0 N–H and O–H groups in total. The quantitative estimate of drug-likeness (QED) is 0.188. The number of para-hydroxylation sites is 3. The molecule has 1 aliphatic carbocycles. The molecule has 2 aliphatic rings. The van der Waals surface area contributed by atoms with Crippen LogP contribution < -0.4 is 0 Å². The molecule has 4 nitrogen and oxygen atoms in total. The van der Waals surface area contributed by atoms with Crippen molar-refractivity contribution in [1.29, 1.82) is 0 Å². The Labute approximate surface area is 297 Å². The van der Waals surface area contributed by atoms with Crippen LogP contribution in [0.3, 0.4) is 0 Å². The van der Waals surface area contributed by atoms with Gasteiger partial charge in [0.2, 0.25) is 5.95 Å². The van der Waals surface area contributed by atoms with Crippen molar-refractivity contribution in [3.8, 4) is 28.3 Å². The number of aromatic nitrogens is 4. The first-order valence-electron chi connectivity index (χ1n) is 17.5. The highest BCUT2D eigenvalue weighted by Crippen LogP contribution is 2.51. The average Bonchev–Trinajstić information content (AvgIpc) is 3.93. The SMILES string of the molecule is C1=CC2Sc3c(-c4ccccc4)nc(-n4c5ccccc5c5cc(-c6cc7c8ccccc8n8c9ccccc9c(c6)c78)ccc54)nc3C2C=C1. The van der Waals surface area contributed by atoms with Gasteiger partial charge in [0.1, 0.15) is 0 Å². The lowest BCUT2D eigenvalue weighted by Crippen LogP contribution is -2.11. The van der Waals surface area contributed by atoms with Crippen LogP contribution in [-0.4, -0.2) is 24.2 Å². The zero-order valence-electron chi connectivity index (χ0n) is 27.4. The van der Waals surface area contributed by atoms with Gasteiger partial charge in [-0.25, -0.2) is 9.97 Å². The van der Waals surface area contributed by atoms with Crippen molar-refractivity contribution in [1.82, 2.24) is 18.9 Å². The molecular formula is C46H28N4S. The molecule has 5 heterocycles. The highest BCUT2D eigenvalue weighted by atomic mass is 32.2. The van der Waals surface area contributed by atoms with Gasteiger partial charge in [0.05, 0.1) is 43.9 Å². The van der Waals surface area contributed by atoms with E-state index in [0.29, 0.717) is 5.25 Å². The van der Waals surface area contributed by atoms with Crippen LogP contribution in [0.25, 0.3) is 88.2 Å². The predicted molar refractivity (Wildman–Crippen MR) is 213 cm³/mol. The van der Waals surface area contributed by atoms with Crippen LogP contribution in [0, 0.1) is 0 Å². The molecule has 4 aromatic heterocycles. The number of allylic oxidation sites excluding steroid dienone is 3. The summed E-state index contributed by atoms with van der Waals surface area (Å²) in [6.45, 7) is 0. The van der Waals surface area contributed by atoms with E-state index in [1.807, 2.05) is 11.8 Å². The highest BCUT2D eigenvalue weighted by molar-refractivity contribution is 8.00. The summed E-state index contributed by atoms with van der Waals surface area (Å²) < 4.78 is 4.71. The van der Waals surface area contributed by atoms with Crippen LogP contribution in [0.5, 0.6) is 0 Å². The lowest BCUT2D eigenvalue weighted by molar-refractivity contribution is 0.810. The van der Waals surface area contributed by atoms with Gasteiger partial charge in [0, 0.05) is 49.0 Å². The van der Waals surface area contributed by atoms with E-state index < -0.39 is 0 Å². The molecule has 0 radical (unpaired) electrons. The summed E-state index contributed by atoms with van der Waals surface area (Å²) in [4.78, 5) is 12.0. The van der Waals surface area contributed by atoms with Crippen molar-refractivity contribution in [2.75, 3.05) is 0 Å². The third kappa shape index (κ3) is 3.76. The summed E-state index contributed by atoms with van der Waals surface area (Å²) in [7, 11) is 0. The standard InChI is InChI=1S/C46H28N4S/c1-2-12-27(13-3-1)42-45-43(33-17-7-11-21-41(33)51-45)48-46(47-42)50-39-20-10-4-14-30(39)34-24-28(22-23-40(34)50)29-25-35-31-15-5-8-18-37(31)49-38-19-9-6-16-32(38)36(26-29)44(35)49/h1-26,33,41H. The Morgan fingerprint density at radius 3 is 1.84 bits per heavy atom. The number of nitrogens with zero attached hydrogens (tertiary/aromatic N) is 4. The van der Waals surface area contributed by atoms with Gasteiger partial charge in [-0.3, -0.25) is 4.57 Å². The second-order valence-electron chi connectivity index (χ2n) is 13.7. The molecule has 5 heteroatoms. The lowest BCUT2D eigenvalue weighted by Gasteiger charge is -2.15. The van der Waals surface area contributed by atoms with Gasteiger partial charge >= 0.3 is 0 Å². The van der Waals surface area contributed by atoms with Gasteiger partial charge in [0.25, 0.3) is 0 Å². The van der Waals surface area contributed by atoms with E-state index in [1.165, 1.54) is 64.9 Å². The number of hydrogen-bond donors (Lipinski definition) is 0. The Morgan fingerprint density at radius 1 is 0.490 bits per heavy atom. The molecule has 6 aromatic carbocycles. The molecule has 238 valence electrons. The third-order valence-electron chi connectivity index (χ3n) is 11.0. The van der Waals surface area contributed by atoms with E-state index in [4.69, 9.17) is 9.97 Å². The van der Waals surface area contributed by atoms with Crippen LogP contribution in [0.4, 0.5) is 0 Å². The Kier molecular flexibility index (Phi) is 5.52. The van der Waals surface area contributed by atoms with Crippen molar-refractivity contribution < 1.29 is 0 Å². The van der Waals surface area contributed by atoms with Crippen molar-refractivity contribution >= 4 is 71.7 Å². The molecule has 51 heavy (non-hydrogen) atoms. The molecule has 2 unspecified atom stereocenters. The van der Waals surface area contributed by atoms with E-state index in [1.54, 1.807) is 0 Å². The second-order valence-corrected chi connectivity index (χ2v) is 14.9. The molecule has 10 aromatic rings. The number of thioether (sulfide) groups is 1. The first-order valence-corrected chi connectivity index (χ1v) is 18.4. The number of fused-ring (bicyclic) bond motifs is 12. The minimum absolute atomic E-state index is 0.224. The molecule has 0 amide bonds. The summed E-state index contributed by atoms with van der Waals surface area (Å²) in [5.41, 5.74) is 11.7. The predicted octanol–water partition coefficient (Wildman–Crippen LogP) is 11.7. The van der Waals surface area contributed by atoms with Crippen molar-refractivity contribution in [3.63, 3.8) is 0 Å². The fraction of sp³-hybridized carbons (Fsp3) is 0.0435. The maximum atomic E-state index is 5.40. The van der Waals surface area contributed by atoms with Crippen LogP contribution in [0.2, 0.25) is 0 Å². The lowest BCUT2D eigenvalue weighted by atomic mass is 9.96. The molecule has 0 saturated carbocycles. The van der Waals surface area contributed by atoms with Crippen LogP contribution in [-0.2, 0) is 0 Å². The summed E-state index contributed by atoms with van der Waals surface area (Å²) >= 11 is 1.88.